The average Bonchev–Trinajstić information content (AvgIpc) is 4.45. The number of para-hydroxylation sites is 2. The van der Waals surface area contributed by atoms with E-state index in [2.05, 4.69) is 229 Å². The van der Waals surface area contributed by atoms with Crippen molar-refractivity contribution in [1.82, 2.24) is 19.5 Å². The summed E-state index contributed by atoms with van der Waals surface area (Å²) >= 11 is 5.50. The Labute approximate surface area is 452 Å². The van der Waals surface area contributed by atoms with Gasteiger partial charge in [-0.1, -0.05) is 158 Å². The summed E-state index contributed by atoms with van der Waals surface area (Å²) in [6, 6.07) is 72.7. The minimum absolute atomic E-state index is 0.0656. The normalized spacial score (nSPS) is 13.9. The van der Waals surface area contributed by atoms with E-state index in [0.717, 1.165) is 67.5 Å². The molecule has 1 aliphatic rings. The van der Waals surface area contributed by atoms with Gasteiger partial charge in [0.2, 0.25) is 0 Å². The first-order valence-electron chi connectivity index (χ1n) is 26.0. The third-order valence-electron chi connectivity index (χ3n) is 15.8. The van der Waals surface area contributed by atoms with Crippen molar-refractivity contribution in [3.05, 3.63) is 230 Å². The molecule has 1 aliphatic carbocycles. The number of nitrogens with zero attached hydrogens (tertiary/aromatic N) is 4. The fourth-order valence-corrected chi connectivity index (χ4v) is 16.0. The van der Waals surface area contributed by atoms with Crippen LogP contribution in [-0.4, -0.2) is 19.5 Å². The van der Waals surface area contributed by atoms with Gasteiger partial charge in [0, 0.05) is 110 Å². The van der Waals surface area contributed by atoms with Crippen molar-refractivity contribution in [2.45, 2.75) is 12.3 Å². The van der Waals surface area contributed by atoms with Gasteiger partial charge in [0.15, 0.2) is 17.5 Å². The molecule has 1 atom stereocenters. The van der Waals surface area contributed by atoms with Crippen LogP contribution in [0.3, 0.4) is 0 Å². The average molecular weight is 1040 g/mol. The number of fused-ring (bicyclic) bond motifs is 17. The smallest absolute Gasteiger partial charge is 0.164 e. The summed E-state index contributed by atoms with van der Waals surface area (Å²) in [7, 11) is 0. The molecule has 77 heavy (non-hydrogen) atoms. The molecule has 8 heteroatoms. The van der Waals surface area contributed by atoms with Gasteiger partial charge in [0.25, 0.3) is 0 Å². The van der Waals surface area contributed by atoms with Crippen LogP contribution in [0.1, 0.15) is 17.9 Å². The molecule has 10 aromatic carbocycles. The number of hydrogen-bond donors (Lipinski definition) is 0. The van der Waals surface area contributed by atoms with Crippen LogP contribution in [0.15, 0.2) is 229 Å². The zero-order valence-electron chi connectivity index (χ0n) is 41.1. The molecule has 16 aromatic rings. The van der Waals surface area contributed by atoms with Crippen molar-refractivity contribution in [1.29, 1.82) is 0 Å². The van der Waals surface area contributed by atoms with Gasteiger partial charge < -0.3 is 8.98 Å². The largest absolute Gasteiger partial charge is 0.456 e. The second kappa shape index (κ2) is 16.7. The van der Waals surface area contributed by atoms with Crippen LogP contribution < -0.4 is 0 Å². The summed E-state index contributed by atoms with van der Waals surface area (Å²) < 4.78 is 16.5. The number of rotatable bonds is 6. The van der Waals surface area contributed by atoms with Crippen molar-refractivity contribution < 1.29 is 4.42 Å². The Morgan fingerprint density at radius 2 is 0.987 bits per heavy atom. The standard InChI is InChI=1S/C69H40N4OS3/c1-3-15-39(16-4-1)52-35-43(69-71-67(41-27-29-46-44-19-9-13-25-58(44)75-60(46)37-41)70-68(72-69)42-28-30-47-45-20-10-14-26-59(45)76-61(47)38-42)36-53(40-17-5-2-6-18-40)64(52)73-54-23-11-7-21-50(54)62-55(73)33-31-48-49-32-34-57-63(66(49)77-65(48)62)51-22-8-12-24-56(51)74-57/h1-17,19-38,40H,18H2. The van der Waals surface area contributed by atoms with Crippen LogP contribution in [0.5, 0.6) is 0 Å². The molecule has 0 aliphatic heterocycles. The fraction of sp³-hybridized carbons (Fsp3) is 0.0290. The van der Waals surface area contributed by atoms with E-state index in [4.69, 9.17) is 19.4 Å². The van der Waals surface area contributed by atoms with E-state index in [-0.39, 0.29) is 5.92 Å². The number of aromatic nitrogens is 4. The zero-order chi connectivity index (χ0) is 50.3. The van der Waals surface area contributed by atoms with Gasteiger partial charge in [-0.05, 0) is 84.3 Å². The summed E-state index contributed by atoms with van der Waals surface area (Å²) in [4.78, 5) is 16.4. The number of allylic oxidation sites excluding steroid dienone is 4. The quantitative estimate of drug-likeness (QED) is 0.167. The number of thiophene rings is 3. The van der Waals surface area contributed by atoms with E-state index < -0.39 is 0 Å². The highest BCUT2D eigenvalue weighted by Crippen LogP contribution is 2.50. The number of benzene rings is 10. The minimum Gasteiger partial charge on any atom is -0.456 e. The maximum atomic E-state index is 6.43. The van der Waals surface area contributed by atoms with Crippen molar-refractivity contribution in [3.8, 4) is 51.0 Å². The first-order valence-corrected chi connectivity index (χ1v) is 28.5. The van der Waals surface area contributed by atoms with Gasteiger partial charge in [-0.25, -0.2) is 15.0 Å². The van der Waals surface area contributed by atoms with Gasteiger partial charge in [0.1, 0.15) is 11.2 Å². The van der Waals surface area contributed by atoms with Gasteiger partial charge >= 0.3 is 0 Å². The summed E-state index contributed by atoms with van der Waals surface area (Å²) in [5, 5.41) is 12.3. The van der Waals surface area contributed by atoms with Crippen LogP contribution in [0.2, 0.25) is 0 Å². The van der Waals surface area contributed by atoms with E-state index in [0.29, 0.717) is 17.5 Å². The maximum Gasteiger partial charge on any atom is 0.164 e. The predicted molar refractivity (Wildman–Crippen MR) is 327 cm³/mol. The minimum atomic E-state index is 0.0656. The molecule has 0 saturated heterocycles. The van der Waals surface area contributed by atoms with Crippen LogP contribution in [0, 0.1) is 0 Å². The lowest BCUT2D eigenvalue weighted by Gasteiger charge is -2.24. The second-order valence-electron chi connectivity index (χ2n) is 20.1. The molecule has 0 amide bonds. The van der Waals surface area contributed by atoms with Gasteiger partial charge in [-0.15, -0.1) is 34.0 Å². The molecule has 1 unspecified atom stereocenters. The first kappa shape index (κ1) is 43.2. The number of hydrogen-bond acceptors (Lipinski definition) is 7. The van der Waals surface area contributed by atoms with Crippen molar-refractivity contribution in [2.24, 2.45) is 0 Å². The summed E-state index contributed by atoms with van der Waals surface area (Å²) in [6.45, 7) is 0. The molecule has 360 valence electrons. The van der Waals surface area contributed by atoms with E-state index >= 15 is 0 Å². The Balaban J connectivity index is 0.937. The van der Waals surface area contributed by atoms with E-state index in [1.165, 1.54) is 82.2 Å². The highest BCUT2D eigenvalue weighted by molar-refractivity contribution is 7.28. The monoisotopic (exact) mass is 1040 g/mol. The summed E-state index contributed by atoms with van der Waals surface area (Å²) in [5.41, 5.74) is 11.6. The fourth-order valence-electron chi connectivity index (χ4n) is 12.3. The second-order valence-corrected chi connectivity index (χ2v) is 23.3. The lowest BCUT2D eigenvalue weighted by atomic mass is 9.86. The van der Waals surface area contributed by atoms with Crippen LogP contribution in [0.4, 0.5) is 0 Å². The molecular formula is C69H40N4OS3. The highest BCUT2D eigenvalue weighted by Gasteiger charge is 2.27. The molecule has 6 aromatic heterocycles. The lowest BCUT2D eigenvalue weighted by molar-refractivity contribution is 0.669. The van der Waals surface area contributed by atoms with Crippen LogP contribution in [-0.2, 0) is 0 Å². The Kier molecular flexibility index (Phi) is 9.39. The van der Waals surface area contributed by atoms with E-state index in [1.807, 2.05) is 34.0 Å². The van der Waals surface area contributed by atoms with Crippen molar-refractivity contribution >= 4 is 138 Å². The third kappa shape index (κ3) is 6.59. The van der Waals surface area contributed by atoms with Gasteiger partial charge in [-0.2, -0.15) is 0 Å². The SMILES string of the molecule is C1=CCC(c2cc(-c3nc(-c4ccc5c(c4)sc4ccccc45)nc(-c4ccc5c(c4)sc4ccccc45)n3)cc(-c3ccccc3)c2-n2c3ccccc3c3c4sc5c(ccc6oc7ccccc7c65)c4ccc32)C=C1. The molecule has 17 rings (SSSR count). The third-order valence-corrected chi connectivity index (χ3v) is 19.3. The zero-order valence-corrected chi connectivity index (χ0v) is 43.5. The highest BCUT2D eigenvalue weighted by atomic mass is 32.1. The topological polar surface area (TPSA) is 56.7 Å². The Bertz CT molecular complexity index is 5090. The van der Waals surface area contributed by atoms with Gasteiger partial charge in [0.05, 0.1) is 16.7 Å². The molecule has 0 N–H and O–H groups in total. The molecule has 0 spiro atoms. The molecule has 0 saturated carbocycles. The lowest BCUT2D eigenvalue weighted by Crippen LogP contribution is -2.08. The molecular weight excluding hydrogens is 997 g/mol. The Hall–Kier alpha value is -9.05. The maximum absolute atomic E-state index is 6.43. The molecule has 0 bridgehead atoms. The van der Waals surface area contributed by atoms with Gasteiger partial charge in [-0.3, -0.25) is 0 Å². The predicted octanol–water partition coefficient (Wildman–Crippen LogP) is 20.2. The van der Waals surface area contributed by atoms with E-state index in [1.54, 1.807) is 0 Å². The Morgan fingerprint density at radius 1 is 0.403 bits per heavy atom. The van der Waals surface area contributed by atoms with E-state index in [9.17, 15) is 0 Å². The molecule has 0 fully saturated rings. The van der Waals surface area contributed by atoms with Crippen molar-refractivity contribution in [2.75, 3.05) is 0 Å². The van der Waals surface area contributed by atoms with Crippen LogP contribution >= 0.6 is 34.0 Å². The molecule has 5 nitrogen and oxygen atoms in total. The molecule has 0 radical (unpaired) electrons. The summed E-state index contributed by atoms with van der Waals surface area (Å²) in [5.74, 6) is 1.98. The van der Waals surface area contributed by atoms with Crippen molar-refractivity contribution in [3.63, 3.8) is 0 Å². The van der Waals surface area contributed by atoms with Crippen LogP contribution in [0.25, 0.3) is 155 Å². The summed E-state index contributed by atoms with van der Waals surface area (Å²) in [6.07, 6.45) is 9.88. The first-order chi connectivity index (χ1) is 38.1. The molecule has 6 heterocycles. The number of furan rings is 1. The Morgan fingerprint density at radius 3 is 1.69 bits per heavy atom.